The molecule has 1 N–H and O–H groups in total. The number of halogens is 2. The molecule has 0 aromatic rings. The van der Waals surface area contributed by atoms with Crippen LogP contribution in [0, 0.1) is 0 Å². The van der Waals surface area contributed by atoms with Crippen molar-refractivity contribution in [2.45, 2.75) is 31.8 Å². The maximum atomic E-state index is 12.6. The first-order valence-corrected chi connectivity index (χ1v) is 4.28. The van der Waals surface area contributed by atoms with Gasteiger partial charge in [0, 0.05) is 0 Å². The van der Waals surface area contributed by atoms with Gasteiger partial charge in [-0.05, 0) is 13.8 Å². The third-order valence-electron chi connectivity index (χ3n) is 1.72. The number of carbonyl (C=O) groups is 1. The molecule has 0 amide bonds. The fourth-order valence-corrected chi connectivity index (χ4v) is 0.982. The maximum Gasteiger partial charge on any atom is 0.381 e. The molecule has 0 aromatic carbocycles. The molecule has 0 bridgehead atoms. The topological polar surface area (TPSA) is 65.0 Å². The van der Waals surface area contributed by atoms with Crippen LogP contribution in [0.4, 0.5) is 8.78 Å². The molecule has 15 heavy (non-hydrogen) atoms. The van der Waals surface area contributed by atoms with E-state index in [1.807, 2.05) is 0 Å². The van der Waals surface area contributed by atoms with Crippen molar-refractivity contribution < 1.29 is 32.9 Å². The second-order valence-electron chi connectivity index (χ2n) is 3.53. The Bertz CT molecular complexity index is 253. The van der Waals surface area contributed by atoms with Crippen LogP contribution in [0.1, 0.15) is 13.8 Å². The molecule has 1 aliphatic rings. The number of aliphatic hydroxyl groups is 1. The van der Waals surface area contributed by atoms with Gasteiger partial charge in [-0.1, -0.05) is 0 Å². The van der Waals surface area contributed by atoms with E-state index in [9.17, 15) is 13.6 Å². The Labute approximate surface area is 84.9 Å². The van der Waals surface area contributed by atoms with Crippen molar-refractivity contribution in [3.63, 3.8) is 0 Å². The predicted molar refractivity (Wildman–Crippen MR) is 43.0 cm³/mol. The molecule has 88 valence electrons. The monoisotopic (exact) mass is 226 g/mol. The highest BCUT2D eigenvalue weighted by atomic mass is 19.3. The minimum Gasteiger partial charge on any atom is -0.429 e. The molecule has 1 fully saturated rings. The molecule has 0 saturated carbocycles. The van der Waals surface area contributed by atoms with Crippen LogP contribution in [-0.4, -0.2) is 42.3 Å². The number of ether oxygens (including phenoxy) is 3. The van der Waals surface area contributed by atoms with Gasteiger partial charge >= 0.3 is 11.9 Å². The normalized spacial score (nSPS) is 25.3. The van der Waals surface area contributed by atoms with Gasteiger partial charge < -0.3 is 19.3 Å². The summed E-state index contributed by atoms with van der Waals surface area (Å²) >= 11 is 0. The summed E-state index contributed by atoms with van der Waals surface area (Å²) in [4.78, 5) is 10.8. The molecule has 0 radical (unpaired) electrons. The number of carbonyl (C=O) groups excluding carboxylic acids is 1. The lowest BCUT2D eigenvalue weighted by Gasteiger charge is -2.18. The molecular weight excluding hydrogens is 214 g/mol. The summed E-state index contributed by atoms with van der Waals surface area (Å²) in [7, 11) is 0. The van der Waals surface area contributed by atoms with E-state index in [1.165, 1.54) is 0 Å². The SMILES string of the molecule is CC1(C)OCC(OC(=O)C(F)(F)CO)O1. The van der Waals surface area contributed by atoms with Crippen molar-refractivity contribution in [1.29, 1.82) is 0 Å². The van der Waals surface area contributed by atoms with Crippen molar-refractivity contribution in [3.8, 4) is 0 Å². The quantitative estimate of drug-likeness (QED) is 0.699. The number of aliphatic hydroxyl groups excluding tert-OH is 1. The molecule has 1 unspecified atom stereocenters. The highest BCUT2D eigenvalue weighted by Gasteiger charge is 2.44. The number of esters is 1. The van der Waals surface area contributed by atoms with Gasteiger partial charge in [0.25, 0.3) is 0 Å². The lowest BCUT2D eigenvalue weighted by Crippen LogP contribution is -2.38. The van der Waals surface area contributed by atoms with Crippen LogP contribution in [0.25, 0.3) is 0 Å². The van der Waals surface area contributed by atoms with Crippen LogP contribution in [0.5, 0.6) is 0 Å². The van der Waals surface area contributed by atoms with Gasteiger partial charge in [-0.2, -0.15) is 8.78 Å². The molecule has 0 spiro atoms. The summed E-state index contributed by atoms with van der Waals surface area (Å²) in [6, 6.07) is 0. The highest BCUT2D eigenvalue weighted by Crippen LogP contribution is 2.25. The minimum absolute atomic E-state index is 0.111. The average molecular weight is 226 g/mol. The van der Waals surface area contributed by atoms with Crippen LogP contribution in [0.2, 0.25) is 0 Å². The largest absolute Gasteiger partial charge is 0.429 e. The second kappa shape index (κ2) is 3.99. The van der Waals surface area contributed by atoms with Crippen molar-refractivity contribution in [3.05, 3.63) is 0 Å². The van der Waals surface area contributed by atoms with E-state index in [1.54, 1.807) is 13.8 Å². The van der Waals surface area contributed by atoms with Crippen LogP contribution in [0.3, 0.4) is 0 Å². The molecule has 1 rings (SSSR count). The van der Waals surface area contributed by atoms with E-state index < -0.39 is 30.6 Å². The Morgan fingerprint density at radius 1 is 1.67 bits per heavy atom. The molecule has 0 aromatic heterocycles. The summed E-state index contributed by atoms with van der Waals surface area (Å²) in [6.45, 7) is 1.42. The highest BCUT2D eigenvalue weighted by molar-refractivity contribution is 5.77. The van der Waals surface area contributed by atoms with E-state index in [4.69, 9.17) is 14.6 Å². The van der Waals surface area contributed by atoms with Crippen molar-refractivity contribution in [1.82, 2.24) is 0 Å². The zero-order chi connectivity index (χ0) is 11.7. The van der Waals surface area contributed by atoms with Gasteiger partial charge in [0.1, 0.15) is 13.2 Å². The van der Waals surface area contributed by atoms with Gasteiger partial charge in [0.15, 0.2) is 5.79 Å². The van der Waals surface area contributed by atoms with Gasteiger partial charge in [0.2, 0.25) is 6.29 Å². The Balaban J connectivity index is 2.47. The van der Waals surface area contributed by atoms with Crippen LogP contribution in [0.15, 0.2) is 0 Å². The zero-order valence-corrected chi connectivity index (χ0v) is 8.33. The Hall–Kier alpha value is -0.790. The van der Waals surface area contributed by atoms with Gasteiger partial charge in [-0.3, -0.25) is 0 Å². The number of hydrogen-bond donors (Lipinski definition) is 1. The summed E-state index contributed by atoms with van der Waals surface area (Å²) in [6.07, 6.45) is -1.16. The molecule has 1 atom stereocenters. The zero-order valence-electron chi connectivity index (χ0n) is 8.33. The predicted octanol–water partition coefficient (Wildman–Crippen LogP) is 0.266. The maximum absolute atomic E-state index is 12.6. The Morgan fingerprint density at radius 3 is 2.67 bits per heavy atom. The molecule has 1 saturated heterocycles. The fraction of sp³-hybridized carbons (Fsp3) is 0.875. The third kappa shape index (κ3) is 3.08. The molecule has 0 aliphatic carbocycles. The first kappa shape index (κ1) is 12.3. The van der Waals surface area contributed by atoms with Crippen molar-refractivity contribution >= 4 is 5.97 Å². The van der Waals surface area contributed by atoms with E-state index in [0.29, 0.717) is 0 Å². The molecule has 7 heteroatoms. The number of alkyl halides is 2. The first-order chi connectivity index (χ1) is 6.77. The van der Waals surface area contributed by atoms with E-state index in [0.717, 1.165) is 0 Å². The summed E-state index contributed by atoms with van der Waals surface area (Å²) in [5.74, 6) is -6.69. The van der Waals surface area contributed by atoms with Crippen LogP contribution < -0.4 is 0 Å². The lowest BCUT2D eigenvalue weighted by atomic mass is 10.4. The first-order valence-electron chi connectivity index (χ1n) is 4.28. The molecule has 1 heterocycles. The number of hydrogen-bond acceptors (Lipinski definition) is 5. The van der Waals surface area contributed by atoms with Gasteiger partial charge in [-0.25, -0.2) is 4.79 Å². The Morgan fingerprint density at radius 2 is 2.27 bits per heavy atom. The molecule has 5 nitrogen and oxygen atoms in total. The standard InChI is InChI=1S/C8H12F2O5/c1-7(2)13-3-5(15-7)14-6(12)8(9,10)4-11/h5,11H,3-4H2,1-2H3. The third-order valence-corrected chi connectivity index (χ3v) is 1.72. The molecule has 1 aliphatic heterocycles. The van der Waals surface area contributed by atoms with Crippen LogP contribution in [-0.2, 0) is 19.0 Å². The summed E-state index contributed by atoms with van der Waals surface area (Å²) in [5.41, 5.74) is 0. The second-order valence-corrected chi connectivity index (χ2v) is 3.53. The van der Waals surface area contributed by atoms with E-state index in [-0.39, 0.29) is 6.61 Å². The Kier molecular flexibility index (Phi) is 3.27. The lowest BCUT2D eigenvalue weighted by molar-refractivity contribution is -0.217. The van der Waals surface area contributed by atoms with Gasteiger partial charge in [-0.15, -0.1) is 0 Å². The average Bonchev–Trinajstić information content (AvgIpc) is 2.45. The van der Waals surface area contributed by atoms with E-state index in [2.05, 4.69) is 4.74 Å². The van der Waals surface area contributed by atoms with Crippen molar-refractivity contribution in [2.24, 2.45) is 0 Å². The minimum atomic E-state index is -3.91. The van der Waals surface area contributed by atoms with Crippen LogP contribution >= 0.6 is 0 Å². The molecular formula is C8H12F2O5. The smallest absolute Gasteiger partial charge is 0.381 e. The number of rotatable bonds is 3. The van der Waals surface area contributed by atoms with E-state index >= 15 is 0 Å². The fourth-order valence-electron chi connectivity index (χ4n) is 0.982. The van der Waals surface area contributed by atoms with Gasteiger partial charge in [0.05, 0.1) is 0 Å². The van der Waals surface area contributed by atoms with Crippen molar-refractivity contribution in [2.75, 3.05) is 13.2 Å². The summed E-state index contributed by atoms with van der Waals surface area (Å²) < 4.78 is 39.4. The summed E-state index contributed by atoms with van der Waals surface area (Å²) in [5, 5.41) is 8.22.